The Hall–Kier alpha value is -1.35. The molecule has 0 spiro atoms. The van der Waals surface area contributed by atoms with E-state index >= 15 is 0 Å². The van der Waals surface area contributed by atoms with Gasteiger partial charge in [0.1, 0.15) is 0 Å². The number of aliphatic hydroxyl groups excluding tert-OH is 1. The zero-order valence-electron chi connectivity index (χ0n) is 12.0. The monoisotopic (exact) mass is 273 g/mol. The SMILES string of the molecule is CCC1CN(C(=O)C2CC2c2ccccc2)CCC1O. The maximum atomic E-state index is 12.6. The van der Waals surface area contributed by atoms with Gasteiger partial charge in [0.15, 0.2) is 0 Å². The minimum absolute atomic E-state index is 0.171. The van der Waals surface area contributed by atoms with Crippen LogP contribution in [-0.2, 0) is 4.79 Å². The van der Waals surface area contributed by atoms with Crippen LogP contribution in [0.3, 0.4) is 0 Å². The van der Waals surface area contributed by atoms with Crippen molar-refractivity contribution < 1.29 is 9.90 Å². The van der Waals surface area contributed by atoms with Gasteiger partial charge in [-0.25, -0.2) is 0 Å². The number of piperidine rings is 1. The second kappa shape index (κ2) is 5.57. The second-order valence-corrected chi connectivity index (χ2v) is 6.17. The van der Waals surface area contributed by atoms with Crippen LogP contribution in [-0.4, -0.2) is 35.1 Å². The lowest BCUT2D eigenvalue weighted by molar-refractivity contribution is -0.136. The van der Waals surface area contributed by atoms with Crippen LogP contribution in [0.25, 0.3) is 0 Å². The molecule has 3 nitrogen and oxygen atoms in total. The van der Waals surface area contributed by atoms with E-state index in [0.29, 0.717) is 18.4 Å². The molecule has 3 heteroatoms. The van der Waals surface area contributed by atoms with E-state index < -0.39 is 0 Å². The number of carbonyl (C=O) groups is 1. The Morgan fingerprint density at radius 1 is 1.35 bits per heavy atom. The van der Waals surface area contributed by atoms with Gasteiger partial charge in [0, 0.05) is 24.9 Å². The van der Waals surface area contributed by atoms with Crippen LogP contribution in [0.15, 0.2) is 30.3 Å². The van der Waals surface area contributed by atoms with E-state index in [-0.39, 0.29) is 17.9 Å². The lowest BCUT2D eigenvalue weighted by Crippen LogP contribution is -2.46. The maximum Gasteiger partial charge on any atom is 0.226 e. The molecule has 4 unspecified atom stereocenters. The Labute approximate surface area is 120 Å². The zero-order valence-corrected chi connectivity index (χ0v) is 12.0. The van der Waals surface area contributed by atoms with Crippen molar-refractivity contribution in [1.29, 1.82) is 0 Å². The number of aliphatic hydroxyl groups is 1. The van der Waals surface area contributed by atoms with Crippen LogP contribution in [0.2, 0.25) is 0 Å². The van der Waals surface area contributed by atoms with Crippen molar-refractivity contribution in [2.75, 3.05) is 13.1 Å². The molecule has 3 rings (SSSR count). The van der Waals surface area contributed by atoms with E-state index in [1.54, 1.807) is 0 Å². The molecule has 2 aliphatic rings. The summed E-state index contributed by atoms with van der Waals surface area (Å²) in [5.74, 6) is 1.13. The Morgan fingerprint density at radius 2 is 2.10 bits per heavy atom. The minimum Gasteiger partial charge on any atom is -0.393 e. The van der Waals surface area contributed by atoms with Gasteiger partial charge >= 0.3 is 0 Å². The minimum atomic E-state index is -0.229. The fourth-order valence-electron chi connectivity index (χ4n) is 3.39. The highest BCUT2D eigenvalue weighted by molar-refractivity contribution is 5.83. The molecule has 4 atom stereocenters. The first kappa shape index (κ1) is 13.6. The average Bonchev–Trinajstić information content (AvgIpc) is 3.28. The van der Waals surface area contributed by atoms with Crippen molar-refractivity contribution in [3.63, 3.8) is 0 Å². The Balaban J connectivity index is 1.61. The van der Waals surface area contributed by atoms with Crippen molar-refractivity contribution >= 4 is 5.91 Å². The number of carbonyl (C=O) groups excluding carboxylic acids is 1. The summed E-state index contributed by atoms with van der Waals surface area (Å²) in [6, 6.07) is 10.3. The first-order chi connectivity index (χ1) is 9.70. The molecular weight excluding hydrogens is 250 g/mol. The van der Waals surface area contributed by atoms with Gasteiger partial charge in [-0.2, -0.15) is 0 Å². The summed E-state index contributed by atoms with van der Waals surface area (Å²) in [5.41, 5.74) is 1.29. The largest absolute Gasteiger partial charge is 0.393 e. The molecular formula is C17H23NO2. The van der Waals surface area contributed by atoms with Crippen LogP contribution in [0.1, 0.15) is 37.7 Å². The number of rotatable bonds is 3. The highest BCUT2D eigenvalue weighted by Crippen LogP contribution is 2.48. The van der Waals surface area contributed by atoms with Gasteiger partial charge in [-0.15, -0.1) is 0 Å². The van der Waals surface area contributed by atoms with Crippen molar-refractivity contribution in [1.82, 2.24) is 4.90 Å². The van der Waals surface area contributed by atoms with E-state index in [1.807, 2.05) is 23.1 Å². The molecule has 1 aliphatic heterocycles. The van der Waals surface area contributed by atoms with Crippen LogP contribution >= 0.6 is 0 Å². The van der Waals surface area contributed by atoms with Crippen molar-refractivity contribution in [2.24, 2.45) is 11.8 Å². The second-order valence-electron chi connectivity index (χ2n) is 6.17. The molecule has 20 heavy (non-hydrogen) atoms. The lowest BCUT2D eigenvalue weighted by Gasteiger charge is -2.36. The predicted molar refractivity (Wildman–Crippen MR) is 78.3 cm³/mol. The van der Waals surface area contributed by atoms with E-state index in [2.05, 4.69) is 19.1 Å². The molecule has 1 amide bonds. The van der Waals surface area contributed by atoms with Gasteiger partial charge in [-0.1, -0.05) is 37.3 Å². The first-order valence-electron chi connectivity index (χ1n) is 7.72. The Bertz CT molecular complexity index is 473. The molecule has 1 heterocycles. The lowest BCUT2D eigenvalue weighted by atomic mass is 9.92. The Kier molecular flexibility index (Phi) is 3.79. The van der Waals surface area contributed by atoms with Gasteiger partial charge in [0.25, 0.3) is 0 Å². The van der Waals surface area contributed by atoms with Gasteiger partial charge < -0.3 is 10.0 Å². The van der Waals surface area contributed by atoms with Gasteiger partial charge in [-0.3, -0.25) is 4.79 Å². The summed E-state index contributed by atoms with van der Waals surface area (Å²) in [6.07, 6.45) is 2.43. The third-order valence-electron chi connectivity index (χ3n) is 4.87. The summed E-state index contributed by atoms with van der Waals surface area (Å²) >= 11 is 0. The first-order valence-corrected chi connectivity index (χ1v) is 7.72. The molecule has 0 radical (unpaired) electrons. The van der Waals surface area contributed by atoms with E-state index in [9.17, 15) is 9.90 Å². The third kappa shape index (κ3) is 2.59. The highest BCUT2D eigenvalue weighted by Gasteiger charge is 2.46. The third-order valence-corrected chi connectivity index (χ3v) is 4.87. The Morgan fingerprint density at radius 3 is 2.80 bits per heavy atom. The molecule has 1 saturated carbocycles. The highest BCUT2D eigenvalue weighted by atomic mass is 16.3. The van der Waals surface area contributed by atoms with Crippen LogP contribution in [0, 0.1) is 11.8 Å². The smallest absolute Gasteiger partial charge is 0.226 e. The van der Waals surface area contributed by atoms with Crippen LogP contribution in [0.4, 0.5) is 0 Å². The summed E-state index contributed by atoms with van der Waals surface area (Å²) < 4.78 is 0. The quantitative estimate of drug-likeness (QED) is 0.918. The van der Waals surface area contributed by atoms with E-state index in [0.717, 1.165) is 25.8 Å². The predicted octanol–water partition coefficient (Wildman–Crippen LogP) is 2.41. The zero-order chi connectivity index (χ0) is 14.1. The number of benzene rings is 1. The topological polar surface area (TPSA) is 40.5 Å². The fourth-order valence-corrected chi connectivity index (χ4v) is 3.39. The standard InChI is InChI=1S/C17H23NO2/c1-2-12-11-18(9-8-16(12)19)17(20)15-10-14(15)13-6-4-3-5-7-13/h3-7,12,14-16,19H,2,8-11H2,1H3. The van der Waals surface area contributed by atoms with E-state index in [1.165, 1.54) is 5.56 Å². The fraction of sp³-hybridized carbons (Fsp3) is 0.588. The van der Waals surface area contributed by atoms with Gasteiger partial charge in [-0.05, 0) is 30.7 Å². The molecule has 1 aromatic carbocycles. The van der Waals surface area contributed by atoms with Gasteiger partial charge in [0.05, 0.1) is 6.10 Å². The summed E-state index contributed by atoms with van der Waals surface area (Å²) in [6.45, 7) is 3.54. The number of hydrogen-bond acceptors (Lipinski definition) is 2. The maximum absolute atomic E-state index is 12.6. The van der Waals surface area contributed by atoms with E-state index in [4.69, 9.17) is 0 Å². The summed E-state index contributed by atoms with van der Waals surface area (Å²) in [4.78, 5) is 14.5. The molecule has 1 aliphatic carbocycles. The molecule has 1 saturated heterocycles. The summed E-state index contributed by atoms with van der Waals surface area (Å²) in [7, 11) is 0. The molecule has 2 fully saturated rings. The van der Waals surface area contributed by atoms with Crippen molar-refractivity contribution in [3.8, 4) is 0 Å². The normalized spacial score (nSPS) is 33.0. The van der Waals surface area contributed by atoms with Crippen LogP contribution < -0.4 is 0 Å². The van der Waals surface area contributed by atoms with Crippen molar-refractivity contribution in [3.05, 3.63) is 35.9 Å². The number of amides is 1. The number of likely N-dealkylation sites (tertiary alicyclic amines) is 1. The molecule has 1 N–H and O–H groups in total. The molecule has 1 aromatic rings. The number of hydrogen-bond donors (Lipinski definition) is 1. The molecule has 0 aromatic heterocycles. The summed E-state index contributed by atoms with van der Waals surface area (Å²) in [5, 5.41) is 9.91. The average molecular weight is 273 g/mol. The van der Waals surface area contributed by atoms with Crippen LogP contribution in [0.5, 0.6) is 0 Å². The number of nitrogens with zero attached hydrogens (tertiary/aromatic N) is 1. The molecule has 108 valence electrons. The van der Waals surface area contributed by atoms with Crippen molar-refractivity contribution in [2.45, 2.75) is 38.2 Å². The molecule has 0 bridgehead atoms. The van der Waals surface area contributed by atoms with Gasteiger partial charge in [0.2, 0.25) is 5.91 Å².